The molecule has 37 heavy (non-hydrogen) atoms. The van der Waals surface area contributed by atoms with Gasteiger partial charge in [0.15, 0.2) is 6.61 Å². The van der Waals surface area contributed by atoms with Crippen molar-refractivity contribution in [3.8, 4) is 5.75 Å². The van der Waals surface area contributed by atoms with Gasteiger partial charge in [-0.05, 0) is 66.8 Å². The largest absolute Gasteiger partial charge is 0.484 e. The fourth-order valence-electron chi connectivity index (χ4n) is 3.97. The average molecular weight is 562 g/mol. The van der Waals surface area contributed by atoms with Gasteiger partial charge in [0, 0.05) is 34.6 Å². The smallest absolute Gasteiger partial charge is 0.261 e. The summed E-state index contributed by atoms with van der Waals surface area (Å²) in [6.45, 7) is 6.12. The van der Waals surface area contributed by atoms with E-state index in [-0.39, 0.29) is 25.0 Å². The molecule has 5 nitrogen and oxygen atoms in total. The van der Waals surface area contributed by atoms with E-state index in [1.165, 1.54) is 4.90 Å². The number of aryl methyl sites for hydroxylation is 2. The fraction of sp³-hybridized carbons (Fsp3) is 0.310. The Morgan fingerprint density at radius 3 is 2.27 bits per heavy atom. The average Bonchev–Trinajstić information content (AvgIpc) is 2.88. The van der Waals surface area contributed by atoms with Crippen LogP contribution in [0.15, 0.2) is 60.7 Å². The lowest BCUT2D eigenvalue weighted by molar-refractivity contribution is -0.142. The molecule has 0 saturated heterocycles. The van der Waals surface area contributed by atoms with Crippen molar-refractivity contribution in [1.82, 2.24) is 10.2 Å². The molecule has 1 N–H and O–H groups in total. The van der Waals surface area contributed by atoms with Crippen LogP contribution in [0.5, 0.6) is 5.75 Å². The van der Waals surface area contributed by atoms with Gasteiger partial charge in [-0.2, -0.15) is 0 Å². The maximum absolute atomic E-state index is 13.7. The van der Waals surface area contributed by atoms with Gasteiger partial charge >= 0.3 is 0 Å². The van der Waals surface area contributed by atoms with Crippen LogP contribution in [0, 0.1) is 13.8 Å². The first-order valence-electron chi connectivity index (χ1n) is 12.1. The summed E-state index contributed by atoms with van der Waals surface area (Å²) in [5.41, 5.74) is 3.33. The molecule has 0 bridgehead atoms. The third-order valence-electron chi connectivity index (χ3n) is 5.95. The van der Waals surface area contributed by atoms with Crippen molar-refractivity contribution in [1.29, 1.82) is 0 Å². The van der Waals surface area contributed by atoms with Gasteiger partial charge in [0.05, 0.1) is 0 Å². The fourth-order valence-corrected chi connectivity index (χ4v) is 4.55. The molecule has 0 aliphatic carbocycles. The van der Waals surface area contributed by atoms with E-state index in [0.717, 1.165) is 23.1 Å². The highest BCUT2D eigenvalue weighted by Crippen LogP contribution is 2.27. The quantitative estimate of drug-likeness (QED) is 0.280. The normalized spacial score (nSPS) is 11.6. The number of nitrogens with one attached hydrogen (secondary N) is 1. The molecule has 3 aromatic rings. The molecule has 1 atom stereocenters. The van der Waals surface area contributed by atoms with Crippen molar-refractivity contribution in [2.24, 2.45) is 0 Å². The number of nitrogens with zero attached hydrogens (tertiary/aromatic N) is 1. The van der Waals surface area contributed by atoms with Gasteiger partial charge in [-0.1, -0.05) is 78.1 Å². The Hall–Kier alpha value is -2.73. The van der Waals surface area contributed by atoms with Crippen LogP contribution in [-0.4, -0.2) is 35.9 Å². The van der Waals surface area contributed by atoms with Gasteiger partial charge in [0.25, 0.3) is 5.91 Å². The highest BCUT2D eigenvalue weighted by atomic mass is 35.5. The summed E-state index contributed by atoms with van der Waals surface area (Å²) in [7, 11) is 0. The number of rotatable bonds is 11. The number of amides is 2. The molecular weight excluding hydrogens is 531 g/mol. The molecule has 0 unspecified atom stereocenters. The predicted octanol–water partition coefficient (Wildman–Crippen LogP) is 6.81. The first kappa shape index (κ1) is 28.8. The second-order valence-corrected chi connectivity index (χ2v) is 10.1. The van der Waals surface area contributed by atoms with Gasteiger partial charge in [-0.15, -0.1) is 0 Å². The second-order valence-electron chi connectivity index (χ2n) is 8.91. The van der Waals surface area contributed by atoms with Crippen LogP contribution in [0.4, 0.5) is 0 Å². The topological polar surface area (TPSA) is 58.6 Å². The second kappa shape index (κ2) is 13.7. The van der Waals surface area contributed by atoms with Crippen molar-refractivity contribution in [2.75, 3.05) is 13.2 Å². The lowest BCUT2D eigenvalue weighted by Crippen LogP contribution is -2.51. The van der Waals surface area contributed by atoms with Crippen LogP contribution in [0.3, 0.4) is 0 Å². The Morgan fingerprint density at radius 2 is 1.65 bits per heavy atom. The first-order chi connectivity index (χ1) is 17.7. The maximum Gasteiger partial charge on any atom is 0.261 e. The molecule has 3 aromatic carbocycles. The van der Waals surface area contributed by atoms with Crippen LogP contribution in [0.25, 0.3) is 0 Å². The maximum atomic E-state index is 13.7. The van der Waals surface area contributed by atoms with E-state index in [1.807, 2.05) is 51.1 Å². The monoisotopic (exact) mass is 560 g/mol. The van der Waals surface area contributed by atoms with Crippen LogP contribution in [0.1, 0.15) is 35.6 Å². The van der Waals surface area contributed by atoms with Crippen LogP contribution >= 0.6 is 34.8 Å². The molecule has 3 rings (SSSR count). The van der Waals surface area contributed by atoms with Crippen molar-refractivity contribution in [2.45, 2.75) is 46.2 Å². The first-order valence-corrected chi connectivity index (χ1v) is 13.3. The number of carbonyl (C=O) groups is 2. The van der Waals surface area contributed by atoms with Crippen molar-refractivity contribution < 1.29 is 14.3 Å². The Balaban J connectivity index is 1.94. The summed E-state index contributed by atoms with van der Waals surface area (Å²) in [5.74, 6) is -0.0431. The standard InChI is InChI=1S/C29H31Cl3N2O3/c1-4-12-33-29(36)26(15-21-8-6-5-7-9-21)34(17-22-10-11-23(30)16-25(22)31)27(35)18-37-24-13-19(2)28(32)20(3)14-24/h5-11,13-14,16,26H,4,12,15,17-18H2,1-3H3,(H,33,36)/t26-/m1/s1. The molecule has 0 aromatic heterocycles. The van der Waals surface area contributed by atoms with Crippen molar-refractivity contribution in [3.05, 3.63) is 98.0 Å². The Kier molecular flexibility index (Phi) is 10.7. The Labute approximate surface area is 233 Å². The minimum atomic E-state index is -0.773. The summed E-state index contributed by atoms with van der Waals surface area (Å²) in [6, 6.07) is 17.5. The summed E-state index contributed by atoms with van der Waals surface area (Å²) in [6.07, 6.45) is 1.12. The molecular formula is C29H31Cl3N2O3. The lowest BCUT2D eigenvalue weighted by Gasteiger charge is -2.31. The zero-order valence-corrected chi connectivity index (χ0v) is 23.5. The molecule has 8 heteroatoms. The van der Waals surface area contributed by atoms with Crippen LogP contribution < -0.4 is 10.1 Å². The molecule has 0 fully saturated rings. The van der Waals surface area contributed by atoms with E-state index in [1.54, 1.807) is 30.3 Å². The third kappa shape index (κ3) is 8.13. The van der Waals surface area contributed by atoms with Gasteiger partial charge in [0.1, 0.15) is 11.8 Å². The molecule has 0 heterocycles. The Morgan fingerprint density at radius 1 is 0.973 bits per heavy atom. The van der Waals surface area contributed by atoms with E-state index in [2.05, 4.69) is 5.32 Å². The van der Waals surface area contributed by atoms with Gasteiger partial charge in [-0.25, -0.2) is 0 Å². The van der Waals surface area contributed by atoms with E-state index in [9.17, 15) is 9.59 Å². The van der Waals surface area contributed by atoms with E-state index >= 15 is 0 Å². The number of carbonyl (C=O) groups excluding carboxylic acids is 2. The number of hydrogen-bond acceptors (Lipinski definition) is 3. The molecule has 0 aliphatic heterocycles. The van der Waals surface area contributed by atoms with E-state index in [0.29, 0.717) is 39.3 Å². The van der Waals surface area contributed by atoms with Gasteiger partial charge in [0.2, 0.25) is 5.91 Å². The number of ether oxygens (including phenoxy) is 1. The summed E-state index contributed by atoms with van der Waals surface area (Å²) in [4.78, 5) is 28.6. The molecule has 196 valence electrons. The predicted molar refractivity (Wildman–Crippen MR) is 151 cm³/mol. The van der Waals surface area contributed by atoms with E-state index < -0.39 is 6.04 Å². The minimum absolute atomic E-state index is 0.119. The lowest BCUT2D eigenvalue weighted by atomic mass is 10.0. The number of benzene rings is 3. The molecule has 0 saturated carbocycles. The SMILES string of the molecule is CCCNC(=O)[C@@H](Cc1ccccc1)N(Cc1ccc(Cl)cc1Cl)C(=O)COc1cc(C)c(Cl)c(C)c1. The zero-order chi connectivity index (χ0) is 26.9. The Bertz CT molecular complexity index is 1210. The summed E-state index contributed by atoms with van der Waals surface area (Å²) >= 11 is 18.8. The van der Waals surface area contributed by atoms with Gasteiger partial charge in [-0.3, -0.25) is 9.59 Å². The van der Waals surface area contributed by atoms with E-state index in [4.69, 9.17) is 39.5 Å². The number of halogens is 3. The van der Waals surface area contributed by atoms with Crippen molar-refractivity contribution in [3.63, 3.8) is 0 Å². The highest BCUT2D eigenvalue weighted by molar-refractivity contribution is 6.35. The van der Waals surface area contributed by atoms with Crippen LogP contribution in [-0.2, 0) is 22.6 Å². The van der Waals surface area contributed by atoms with Crippen LogP contribution in [0.2, 0.25) is 15.1 Å². The molecule has 0 spiro atoms. The summed E-state index contributed by atoms with van der Waals surface area (Å²) in [5, 5.41) is 4.52. The molecule has 2 amide bonds. The summed E-state index contributed by atoms with van der Waals surface area (Å²) < 4.78 is 5.88. The van der Waals surface area contributed by atoms with Crippen molar-refractivity contribution >= 4 is 46.6 Å². The zero-order valence-electron chi connectivity index (χ0n) is 21.2. The third-order valence-corrected chi connectivity index (χ3v) is 7.13. The molecule has 0 aliphatic rings. The van der Waals surface area contributed by atoms with Gasteiger partial charge < -0.3 is 15.0 Å². The number of hydrogen-bond donors (Lipinski definition) is 1. The molecule has 0 radical (unpaired) electrons. The minimum Gasteiger partial charge on any atom is -0.484 e. The highest BCUT2D eigenvalue weighted by Gasteiger charge is 2.31.